The summed E-state index contributed by atoms with van der Waals surface area (Å²) in [5, 5.41) is 0.924. The van der Waals surface area contributed by atoms with Crippen LogP contribution in [0.15, 0.2) is 30.5 Å². The van der Waals surface area contributed by atoms with Crippen LogP contribution in [0.25, 0.3) is 16.5 Å². The minimum absolute atomic E-state index is 0.214. The Bertz CT molecular complexity index is 786. The van der Waals surface area contributed by atoms with E-state index in [9.17, 15) is 9.18 Å². The Hall–Kier alpha value is -2.10. The average molecular weight is 326 g/mol. The van der Waals surface area contributed by atoms with Crippen molar-refractivity contribution in [3.63, 3.8) is 0 Å². The summed E-state index contributed by atoms with van der Waals surface area (Å²) in [5.41, 5.74) is 3.22. The van der Waals surface area contributed by atoms with E-state index in [0.717, 1.165) is 42.3 Å². The summed E-state index contributed by atoms with van der Waals surface area (Å²) in [6.45, 7) is 1.44. The molecule has 2 aliphatic rings. The van der Waals surface area contributed by atoms with Gasteiger partial charge in [0.05, 0.1) is 0 Å². The number of aromatic nitrogens is 1. The first-order valence-corrected chi connectivity index (χ1v) is 8.97. The summed E-state index contributed by atoms with van der Waals surface area (Å²) < 4.78 is 13.5. The maximum atomic E-state index is 13.5. The van der Waals surface area contributed by atoms with Crippen LogP contribution in [-0.2, 0) is 4.79 Å². The van der Waals surface area contributed by atoms with Gasteiger partial charge >= 0.3 is 0 Å². The third kappa shape index (κ3) is 2.85. The lowest BCUT2D eigenvalue weighted by Crippen LogP contribution is -2.39. The number of amides is 1. The summed E-state index contributed by atoms with van der Waals surface area (Å²) >= 11 is 0. The number of fused-ring (bicyclic) bond motifs is 1. The Labute approximate surface area is 141 Å². The molecule has 0 radical (unpaired) electrons. The van der Waals surface area contributed by atoms with Crippen molar-refractivity contribution in [2.45, 2.75) is 38.5 Å². The van der Waals surface area contributed by atoms with Crippen LogP contribution in [0.2, 0.25) is 0 Å². The molecule has 1 amide bonds. The van der Waals surface area contributed by atoms with Crippen LogP contribution in [0.1, 0.15) is 44.1 Å². The van der Waals surface area contributed by atoms with Crippen molar-refractivity contribution in [1.82, 2.24) is 9.88 Å². The van der Waals surface area contributed by atoms with E-state index >= 15 is 0 Å². The van der Waals surface area contributed by atoms with Gasteiger partial charge in [0, 0.05) is 41.7 Å². The zero-order valence-electron chi connectivity index (χ0n) is 13.9. The summed E-state index contributed by atoms with van der Waals surface area (Å²) in [7, 11) is 0. The van der Waals surface area contributed by atoms with Gasteiger partial charge in [-0.2, -0.15) is 0 Å². The molecule has 0 unspecified atom stereocenters. The van der Waals surface area contributed by atoms with E-state index in [4.69, 9.17) is 0 Å². The molecule has 24 heavy (non-hydrogen) atoms. The number of nitrogens with one attached hydrogen (secondary N) is 1. The van der Waals surface area contributed by atoms with Gasteiger partial charge in [-0.1, -0.05) is 25.3 Å². The number of benzene rings is 1. The molecule has 3 nitrogen and oxygen atoms in total. The maximum Gasteiger partial charge on any atom is 0.225 e. The normalized spacial score (nSPS) is 19.5. The first kappa shape index (κ1) is 15.4. The zero-order chi connectivity index (χ0) is 16.5. The van der Waals surface area contributed by atoms with E-state index in [1.807, 2.05) is 11.1 Å². The van der Waals surface area contributed by atoms with E-state index in [1.165, 1.54) is 30.9 Å². The standard InChI is InChI=1S/C20H23FN2O/c21-16-6-7-19-17(12-16)18(13-22-19)14-8-10-23(11-9-14)20(24)15-4-2-1-3-5-15/h6-8,12-13,15,22H,1-5,9-11H2. The predicted octanol–water partition coefficient (Wildman–Crippen LogP) is 4.50. The minimum atomic E-state index is -0.214. The van der Waals surface area contributed by atoms with E-state index in [1.54, 1.807) is 12.1 Å². The molecule has 0 bridgehead atoms. The van der Waals surface area contributed by atoms with Gasteiger partial charge in [0.2, 0.25) is 5.91 Å². The molecule has 2 heterocycles. The molecule has 1 aliphatic carbocycles. The van der Waals surface area contributed by atoms with E-state index in [-0.39, 0.29) is 11.7 Å². The summed E-state index contributed by atoms with van der Waals surface area (Å²) in [4.78, 5) is 17.8. The highest BCUT2D eigenvalue weighted by Crippen LogP contribution is 2.31. The molecule has 4 heteroatoms. The van der Waals surface area contributed by atoms with Crippen LogP contribution in [0.5, 0.6) is 0 Å². The maximum absolute atomic E-state index is 13.5. The second-order valence-electron chi connectivity index (χ2n) is 6.99. The molecule has 2 aromatic rings. The lowest BCUT2D eigenvalue weighted by Gasteiger charge is -2.31. The topological polar surface area (TPSA) is 36.1 Å². The van der Waals surface area contributed by atoms with Crippen molar-refractivity contribution < 1.29 is 9.18 Å². The molecule has 1 aliphatic heterocycles. The minimum Gasteiger partial charge on any atom is -0.361 e. The summed E-state index contributed by atoms with van der Waals surface area (Å²) in [5.74, 6) is 0.347. The van der Waals surface area contributed by atoms with E-state index < -0.39 is 0 Å². The Morgan fingerprint density at radius 3 is 2.79 bits per heavy atom. The van der Waals surface area contributed by atoms with Gasteiger partial charge in [0.25, 0.3) is 0 Å². The van der Waals surface area contributed by atoms with Gasteiger partial charge in [-0.25, -0.2) is 4.39 Å². The van der Waals surface area contributed by atoms with Gasteiger partial charge in [0.1, 0.15) is 5.82 Å². The molecule has 0 spiro atoms. The molecule has 1 aromatic carbocycles. The monoisotopic (exact) mass is 326 g/mol. The molecule has 0 atom stereocenters. The van der Waals surface area contributed by atoms with Crippen molar-refractivity contribution in [1.29, 1.82) is 0 Å². The van der Waals surface area contributed by atoms with Crippen molar-refractivity contribution in [2.24, 2.45) is 5.92 Å². The number of hydrogen-bond donors (Lipinski definition) is 1. The quantitative estimate of drug-likeness (QED) is 0.866. The number of hydrogen-bond acceptors (Lipinski definition) is 1. The third-order valence-corrected chi connectivity index (χ3v) is 5.46. The van der Waals surface area contributed by atoms with E-state index in [0.29, 0.717) is 12.5 Å². The van der Waals surface area contributed by atoms with Crippen LogP contribution in [0.3, 0.4) is 0 Å². The Balaban J connectivity index is 1.51. The molecular weight excluding hydrogens is 303 g/mol. The molecule has 1 saturated carbocycles. The fourth-order valence-corrected chi connectivity index (χ4v) is 4.08. The lowest BCUT2D eigenvalue weighted by molar-refractivity contribution is -0.136. The number of carbonyl (C=O) groups excluding carboxylic acids is 1. The Morgan fingerprint density at radius 1 is 1.21 bits per heavy atom. The smallest absolute Gasteiger partial charge is 0.225 e. The third-order valence-electron chi connectivity index (χ3n) is 5.46. The van der Waals surface area contributed by atoms with Gasteiger partial charge in [-0.3, -0.25) is 4.79 Å². The fourth-order valence-electron chi connectivity index (χ4n) is 4.08. The van der Waals surface area contributed by atoms with Crippen LogP contribution in [0, 0.1) is 11.7 Å². The fraction of sp³-hybridized carbons (Fsp3) is 0.450. The largest absolute Gasteiger partial charge is 0.361 e. The number of rotatable bonds is 2. The molecule has 4 rings (SSSR count). The highest BCUT2D eigenvalue weighted by atomic mass is 19.1. The van der Waals surface area contributed by atoms with Gasteiger partial charge in [0.15, 0.2) is 0 Å². The van der Waals surface area contributed by atoms with Gasteiger partial charge < -0.3 is 9.88 Å². The van der Waals surface area contributed by atoms with Gasteiger partial charge in [-0.15, -0.1) is 0 Å². The first-order chi connectivity index (χ1) is 11.7. The zero-order valence-corrected chi connectivity index (χ0v) is 13.9. The van der Waals surface area contributed by atoms with Crippen LogP contribution >= 0.6 is 0 Å². The molecule has 1 fully saturated rings. The lowest BCUT2D eigenvalue weighted by atomic mass is 9.87. The highest BCUT2D eigenvalue weighted by Gasteiger charge is 2.27. The Morgan fingerprint density at radius 2 is 2.04 bits per heavy atom. The predicted molar refractivity (Wildman–Crippen MR) is 94.0 cm³/mol. The Kier molecular flexibility index (Phi) is 4.13. The number of H-pyrrole nitrogens is 1. The van der Waals surface area contributed by atoms with E-state index in [2.05, 4.69) is 11.1 Å². The van der Waals surface area contributed by atoms with Crippen LogP contribution in [0.4, 0.5) is 4.39 Å². The average Bonchev–Trinajstić information content (AvgIpc) is 3.05. The number of nitrogens with zero attached hydrogens (tertiary/aromatic N) is 1. The summed E-state index contributed by atoms with van der Waals surface area (Å²) in [6.07, 6.45) is 10.7. The first-order valence-electron chi connectivity index (χ1n) is 8.97. The van der Waals surface area contributed by atoms with Crippen molar-refractivity contribution in [2.75, 3.05) is 13.1 Å². The number of aromatic amines is 1. The number of halogens is 1. The highest BCUT2D eigenvalue weighted by molar-refractivity contribution is 5.93. The SMILES string of the molecule is O=C(C1CCCCC1)N1CC=C(c2c[nH]c3ccc(F)cc23)CC1. The van der Waals surface area contributed by atoms with Gasteiger partial charge in [-0.05, 0) is 43.0 Å². The van der Waals surface area contributed by atoms with Crippen molar-refractivity contribution in [3.8, 4) is 0 Å². The second kappa shape index (κ2) is 6.42. The molecule has 126 valence electrons. The van der Waals surface area contributed by atoms with Crippen LogP contribution in [-0.4, -0.2) is 28.9 Å². The second-order valence-corrected chi connectivity index (χ2v) is 6.99. The molecule has 1 aromatic heterocycles. The summed E-state index contributed by atoms with van der Waals surface area (Å²) in [6, 6.07) is 4.83. The van der Waals surface area contributed by atoms with Crippen molar-refractivity contribution in [3.05, 3.63) is 41.9 Å². The van der Waals surface area contributed by atoms with Crippen LogP contribution < -0.4 is 0 Å². The molecule has 0 saturated heterocycles. The molecule has 1 N–H and O–H groups in total. The number of carbonyl (C=O) groups is 1. The van der Waals surface area contributed by atoms with Crippen molar-refractivity contribution >= 4 is 22.4 Å². The molecular formula is C20H23FN2O.